The van der Waals surface area contributed by atoms with Crippen LogP contribution in [-0.2, 0) is 15.7 Å². The van der Waals surface area contributed by atoms with Gasteiger partial charge >= 0.3 is 6.18 Å². The molecule has 0 N–H and O–H groups in total. The number of hydrogen-bond donors (Lipinski definition) is 0. The Kier molecular flexibility index (Phi) is 6.30. The van der Waals surface area contributed by atoms with E-state index in [0.717, 1.165) is 31.9 Å². The van der Waals surface area contributed by atoms with Gasteiger partial charge in [0, 0.05) is 5.41 Å². The first-order valence-electron chi connectivity index (χ1n) is 16.9. The van der Waals surface area contributed by atoms with Crippen LogP contribution in [0.15, 0.2) is 29.8 Å². The molecule has 9 atom stereocenters. The van der Waals surface area contributed by atoms with Gasteiger partial charge in [-0.2, -0.15) is 13.2 Å². The van der Waals surface area contributed by atoms with Crippen molar-refractivity contribution < 1.29 is 22.7 Å². The van der Waals surface area contributed by atoms with Crippen LogP contribution in [-0.4, -0.2) is 18.5 Å². The third kappa shape index (κ3) is 3.84. The predicted octanol–water partition coefficient (Wildman–Crippen LogP) is 10.2. The Hall–Kier alpha value is -1.62. The number of hydrogen-bond acceptors (Lipinski definition) is 2. The van der Waals surface area contributed by atoms with Crippen LogP contribution in [0, 0.1) is 56.2 Å². The number of ether oxygens (including phenoxy) is 1. The second-order valence-corrected chi connectivity index (χ2v) is 17.8. The minimum atomic E-state index is -4.46. The predicted molar refractivity (Wildman–Crippen MR) is 164 cm³/mol. The van der Waals surface area contributed by atoms with Crippen LogP contribution in [0.2, 0.25) is 0 Å². The topological polar surface area (TPSA) is 26.3 Å². The SMILES string of the molecule is CC1(C)C(=O)/C(=C/c2ccccc2C(F)(F)F)C[C@@]2(C)C1CC[C@]1(C)C2CCC2C3[C@H]4OC[C@@]3(CCC4(C)C)CC[C@]21C. The Labute approximate surface area is 256 Å². The number of alkyl halides is 3. The molecule has 1 aromatic carbocycles. The van der Waals surface area contributed by atoms with Gasteiger partial charge in [0.25, 0.3) is 0 Å². The van der Waals surface area contributed by atoms with E-state index in [0.29, 0.717) is 41.3 Å². The minimum Gasteiger partial charge on any atom is -0.377 e. The van der Waals surface area contributed by atoms with Gasteiger partial charge in [-0.1, -0.05) is 66.7 Å². The molecule has 1 heterocycles. The van der Waals surface area contributed by atoms with E-state index in [-0.39, 0.29) is 38.9 Å². The van der Waals surface area contributed by atoms with Gasteiger partial charge in [-0.3, -0.25) is 4.79 Å². The number of Topliss-reactive ketones (excluding diaryl/α,β-unsaturated/α-hetero) is 1. The number of allylic oxidation sites excluding steroid dienone is 1. The molecule has 2 nitrogen and oxygen atoms in total. The molecule has 5 heteroatoms. The van der Waals surface area contributed by atoms with E-state index in [1.807, 2.05) is 0 Å². The van der Waals surface area contributed by atoms with Gasteiger partial charge in [0.2, 0.25) is 0 Å². The second kappa shape index (κ2) is 9.01. The highest BCUT2D eigenvalue weighted by Crippen LogP contribution is 2.78. The molecule has 1 aliphatic heterocycles. The van der Waals surface area contributed by atoms with E-state index in [2.05, 4.69) is 48.5 Å². The van der Waals surface area contributed by atoms with E-state index in [9.17, 15) is 18.0 Å². The zero-order valence-corrected chi connectivity index (χ0v) is 27.3. The molecular weight excluding hydrogens is 545 g/mol. The molecule has 0 radical (unpaired) electrons. The average Bonchev–Trinajstić information content (AvgIpc) is 3.25. The normalized spacial score (nSPS) is 47.3. The standard InChI is InChI=1S/C38H51F3O2/c1-32(2)16-18-37-19-17-35(6)26(29(37)31(32)43-22-37)12-13-28-34(5)21-24(20-23-10-8-9-11-25(23)38(39,40)41)30(42)33(3,4)27(34)14-15-36(28,35)7/h8-11,20,26-29,31H,12-19,21-22H2,1-7H3/b24-20+/t26?,27?,28?,29?,31-,34+,35-,36-,37-/m1/s1. The highest BCUT2D eigenvalue weighted by Gasteiger charge is 2.73. The van der Waals surface area contributed by atoms with Crippen LogP contribution < -0.4 is 0 Å². The molecule has 5 saturated carbocycles. The van der Waals surface area contributed by atoms with Gasteiger partial charge in [0.1, 0.15) is 0 Å². The summed E-state index contributed by atoms with van der Waals surface area (Å²) in [7, 11) is 0. The van der Waals surface area contributed by atoms with Crippen molar-refractivity contribution in [2.75, 3.05) is 6.61 Å². The second-order valence-electron chi connectivity index (χ2n) is 17.8. The molecule has 236 valence electrons. The summed E-state index contributed by atoms with van der Waals surface area (Å²) in [4.78, 5) is 14.1. The average molecular weight is 597 g/mol. The number of rotatable bonds is 1. The first kappa shape index (κ1) is 30.1. The summed E-state index contributed by atoms with van der Waals surface area (Å²) in [6.07, 6.45) is 7.56. The van der Waals surface area contributed by atoms with Gasteiger partial charge in [-0.25, -0.2) is 0 Å². The molecule has 1 aromatic rings. The smallest absolute Gasteiger partial charge is 0.377 e. The summed E-state index contributed by atoms with van der Waals surface area (Å²) in [6, 6.07) is 5.72. The number of carbonyl (C=O) groups is 1. The van der Waals surface area contributed by atoms with Crippen LogP contribution in [0.4, 0.5) is 13.2 Å². The molecule has 5 aliphatic carbocycles. The van der Waals surface area contributed by atoms with Crippen molar-refractivity contribution in [2.45, 2.75) is 119 Å². The third-order valence-electron chi connectivity index (χ3n) is 15.3. The molecular formula is C38H51F3O2. The van der Waals surface area contributed by atoms with Gasteiger partial charge in [0.05, 0.1) is 18.3 Å². The highest BCUT2D eigenvalue weighted by atomic mass is 19.4. The van der Waals surface area contributed by atoms with E-state index < -0.39 is 17.2 Å². The lowest BCUT2D eigenvalue weighted by molar-refractivity contribution is -0.236. The highest BCUT2D eigenvalue weighted by molar-refractivity contribution is 6.04. The largest absolute Gasteiger partial charge is 0.416 e. The van der Waals surface area contributed by atoms with Crippen LogP contribution in [0.5, 0.6) is 0 Å². The van der Waals surface area contributed by atoms with E-state index in [4.69, 9.17) is 4.74 Å². The number of halogens is 3. The van der Waals surface area contributed by atoms with Crippen molar-refractivity contribution in [1.82, 2.24) is 0 Å². The zero-order chi connectivity index (χ0) is 31.0. The number of ketones is 1. The minimum absolute atomic E-state index is 0.0354. The van der Waals surface area contributed by atoms with Crippen molar-refractivity contribution in [2.24, 2.45) is 56.2 Å². The van der Waals surface area contributed by atoms with Crippen LogP contribution >= 0.6 is 0 Å². The van der Waals surface area contributed by atoms with Gasteiger partial charge < -0.3 is 4.74 Å². The van der Waals surface area contributed by atoms with Crippen LogP contribution in [0.3, 0.4) is 0 Å². The zero-order valence-electron chi connectivity index (χ0n) is 27.3. The first-order chi connectivity index (χ1) is 19.9. The summed E-state index contributed by atoms with van der Waals surface area (Å²) in [5, 5.41) is 0. The first-order valence-corrected chi connectivity index (χ1v) is 16.9. The molecule has 2 bridgehead atoms. The molecule has 6 aliphatic rings. The Bertz CT molecular complexity index is 1370. The van der Waals surface area contributed by atoms with Crippen molar-refractivity contribution in [3.8, 4) is 0 Å². The maximum Gasteiger partial charge on any atom is 0.416 e. The Balaban J connectivity index is 1.29. The maximum atomic E-state index is 14.1. The molecule has 0 spiro atoms. The fraction of sp³-hybridized carbons (Fsp3) is 0.763. The molecule has 4 unspecified atom stereocenters. The van der Waals surface area contributed by atoms with Crippen molar-refractivity contribution in [3.05, 3.63) is 41.0 Å². The summed E-state index contributed by atoms with van der Waals surface area (Å²) in [6.45, 7) is 17.5. The van der Waals surface area contributed by atoms with Gasteiger partial charge in [0.15, 0.2) is 5.78 Å². The monoisotopic (exact) mass is 596 g/mol. The molecule has 1 saturated heterocycles. The van der Waals surface area contributed by atoms with Crippen molar-refractivity contribution >= 4 is 11.9 Å². The molecule has 6 fully saturated rings. The fourth-order valence-corrected chi connectivity index (χ4v) is 13.0. The van der Waals surface area contributed by atoms with Crippen LogP contribution in [0.25, 0.3) is 6.08 Å². The van der Waals surface area contributed by atoms with Crippen molar-refractivity contribution in [1.29, 1.82) is 0 Å². The molecule has 0 aromatic heterocycles. The quantitative estimate of drug-likeness (QED) is 0.302. The number of benzene rings is 1. The van der Waals surface area contributed by atoms with Crippen LogP contribution in [0.1, 0.15) is 117 Å². The Morgan fingerprint density at radius 2 is 1.53 bits per heavy atom. The van der Waals surface area contributed by atoms with E-state index in [1.54, 1.807) is 12.1 Å². The lowest BCUT2D eigenvalue weighted by atomic mass is 9.31. The summed E-state index contributed by atoms with van der Waals surface area (Å²) in [5.74, 6) is 1.95. The number of fused-ring (bicyclic) bond motifs is 5. The maximum absolute atomic E-state index is 14.1. The third-order valence-corrected chi connectivity index (χ3v) is 15.3. The summed E-state index contributed by atoms with van der Waals surface area (Å²) in [5.41, 5.74) is 0.143. The lowest BCUT2D eigenvalue weighted by Crippen LogP contribution is -2.67. The molecule has 7 rings (SSSR count). The molecule has 0 amide bonds. The fourth-order valence-electron chi connectivity index (χ4n) is 13.0. The Morgan fingerprint density at radius 1 is 0.837 bits per heavy atom. The lowest BCUT2D eigenvalue weighted by Gasteiger charge is -2.73. The molecule has 43 heavy (non-hydrogen) atoms. The van der Waals surface area contributed by atoms with E-state index in [1.165, 1.54) is 44.2 Å². The summed E-state index contributed by atoms with van der Waals surface area (Å²) >= 11 is 0. The van der Waals surface area contributed by atoms with Gasteiger partial charge in [-0.15, -0.1) is 0 Å². The van der Waals surface area contributed by atoms with Crippen molar-refractivity contribution in [3.63, 3.8) is 0 Å². The summed E-state index contributed by atoms with van der Waals surface area (Å²) < 4.78 is 48.6. The number of carbonyl (C=O) groups excluding carboxylic acids is 1. The Morgan fingerprint density at radius 3 is 2.26 bits per heavy atom. The van der Waals surface area contributed by atoms with E-state index >= 15 is 0 Å². The van der Waals surface area contributed by atoms with Gasteiger partial charge in [-0.05, 0) is 132 Å².